The van der Waals surface area contributed by atoms with Gasteiger partial charge in [-0.15, -0.1) is 0 Å². The maximum absolute atomic E-state index is 12.0. The van der Waals surface area contributed by atoms with Crippen molar-refractivity contribution < 1.29 is 137 Å². The Morgan fingerprint density at radius 2 is 0.721 bits per heavy atom. The van der Waals surface area contributed by atoms with Crippen LogP contribution >= 0.6 is 0 Å². The maximum atomic E-state index is 12.0. The van der Waals surface area contributed by atoms with Crippen molar-refractivity contribution >= 4 is 41.8 Å². The van der Waals surface area contributed by atoms with E-state index in [9.17, 15) is 89.7 Å². The summed E-state index contributed by atoms with van der Waals surface area (Å²) >= 11 is 0. The number of aliphatic hydroxyl groups is 7. The Hall–Kier alpha value is -4.89. The van der Waals surface area contributed by atoms with Gasteiger partial charge in [-0.25, -0.2) is 33.6 Å². The molecule has 28 heteroatoms. The van der Waals surface area contributed by atoms with Gasteiger partial charge in [0.25, 0.3) is 0 Å². The third kappa shape index (κ3) is 14.6. The summed E-state index contributed by atoms with van der Waals surface area (Å²) in [4.78, 5) is 79.2. The number of hydrogen-bond acceptors (Lipinski definition) is 24. The molecule has 4 aliphatic heterocycles. The Morgan fingerprint density at radius 3 is 1.06 bits per heavy atom. The van der Waals surface area contributed by atoms with Crippen molar-refractivity contribution in [3.63, 3.8) is 0 Å². The molecule has 68 heavy (non-hydrogen) atoms. The monoisotopic (exact) mass is 986 g/mol. The predicted molar refractivity (Wildman–Crippen MR) is 215 cm³/mol. The van der Waals surface area contributed by atoms with Crippen molar-refractivity contribution in [3.05, 3.63) is 36.5 Å². The molecule has 0 aliphatic carbocycles. The Balaban J connectivity index is 0.000000387. The maximum Gasteiger partial charge on any atom is 0.340 e. The number of aliphatic carboxylic acids is 4. The SMILES string of the molecule is C=C(C)C(=O)OC(=O)C(=C)C.C=C(C)C(=O)OC1C(O)C(C)OC(C(=O)O)C1OC1OC(C(=O)O)C(OC)C(O)C1O.COC1C(C(=O)O)OC(OC2C(C(=O)O)OC(C)C(O)C2O)C(O)C1O. The normalized spacial score (nSPS) is 37.8. The van der Waals surface area contributed by atoms with Crippen LogP contribution in [0.2, 0.25) is 0 Å². The van der Waals surface area contributed by atoms with E-state index < -0.39 is 164 Å². The molecular formula is C40H58O28. The molecule has 0 amide bonds. The molecule has 4 heterocycles. The number of aliphatic hydroxyl groups excluding tert-OH is 7. The molecule has 0 bridgehead atoms. The van der Waals surface area contributed by atoms with Gasteiger partial charge in [-0.1, -0.05) is 19.7 Å². The fraction of sp³-hybridized carbons (Fsp3) is 0.675. The standard InChI is InChI=1S/C18H26O13.C14H22O12.C8H10O3/c1-5(2)17(26)29-11-7(19)6(3)28-14(16(24)25)12(11)30-18-9(21)8(20)10(27-4)13(31-18)15(22)23;1-3-4(15)5(16)9(11(24-3)13(21)22)25-14-7(18)6(17)8(23-2)10(26-14)12(19)20;1-5(2)7(9)11-8(10)6(3)4/h6-14,18-21H,1H2,2-4H3,(H,22,23)(H,24,25);3-11,14-18H,1-2H3,(H,19,20)(H,21,22);1,3H2,2,4H3. The number of carboxylic acid groups (broad SMARTS) is 4. The Morgan fingerprint density at radius 1 is 0.412 bits per heavy atom. The lowest BCUT2D eigenvalue weighted by Crippen LogP contribution is -2.66. The van der Waals surface area contributed by atoms with Crippen molar-refractivity contribution in [1.82, 2.24) is 0 Å². The van der Waals surface area contributed by atoms with Crippen molar-refractivity contribution in [2.45, 2.75) is 157 Å². The summed E-state index contributed by atoms with van der Waals surface area (Å²) in [6, 6.07) is 0. The molecule has 28 nitrogen and oxygen atoms in total. The Bertz CT molecular complexity index is 1830. The Kier molecular flexibility index (Phi) is 22.3. The lowest BCUT2D eigenvalue weighted by atomic mass is 9.94. The molecule has 0 aromatic rings. The van der Waals surface area contributed by atoms with E-state index in [2.05, 4.69) is 24.5 Å². The summed E-state index contributed by atoms with van der Waals surface area (Å²) in [5.74, 6) is -8.49. The van der Waals surface area contributed by atoms with E-state index in [4.69, 9.17) is 42.6 Å². The summed E-state index contributed by atoms with van der Waals surface area (Å²) in [5.41, 5.74) is 0.342. The smallest absolute Gasteiger partial charge is 0.340 e. The molecule has 0 radical (unpaired) electrons. The zero-order valence-electron chi connectivity index (χ0n) is 37.5. The molecule has 0 aromatic carbocycles. The largest absolute Gasteiger partial charge is 0.479 e. The highest BCUT2D eigenvalue weighted by atomic mass is 16.7. The van der Waals surface area contributed by atoms with E-state index in [-0.39, 0.29) is 16.7 Å². The van der Waals surface area contributed by atoms with E-state index >= 15 is 0 Å². The first-order valence-electron chi connectivity index (χ1n) is 20.0. The van der Waals surface area contributed by atoms with Crippen molar-refractivity contribution in [2.75, 3.05) is 14.2 Å². The van der Waals surface area contributed by atoms with Gasteiger partial charge >= 0.3 is 41.8 Å². The average molecular weight is 987 g/mol. The predicted octanol–water partition coefficient (Wildman–Crippen LogP) is -4.64. The third-order valence-electron chi connectivity index (χ3n) is 10.3. The summed E-state index contributed by atoms with van der Waals surface area (Å²) in [6.07, 6.45) is -32.7. The van der Waals surface area contributed by atoms with Crippen LogP contribution in [-0.2, 0) is 80.9 Å². The number of ether oxygens (including phenoxy) is 10. The number of hydrogen-bond donors (Lipinski definition) is 11. The first-order valence-corrected chi connectivity index (χ1v) is 20.0. The molecule has 4 saturated heterocycles. The first kappa shape index (κ1) is 59.2. The van der Waals surface area contributed by atoms with Gasteiger partial charge < -0.3 is 104 Å². The van der Waals surface area contributed by atoms with Gasteiger partial charge in [0.05, 0.1) is 12.2 Å². The van der Waals surface area contributed by atoms with Crippen LogP contribution in [0.5, 0.6) is 0 Å². The van der Waals surface area contributed by atoms with Crippen LogP contribution in [0.1, 0.15) is 34.6 Å². The van der Waals surface area contributed by atoms with E-state index in [1.54, 1.807) is 0 Å². The van der Waals surface area contributed by atoms with Crippen LogP contribution in [0.3, 0.4) is 0 Å². The van der Waals surface area contributed by atoms with Gasteiger partial charge in [-0.3, -0.25) is 0 Å². The van der Waals surface area contributed by atoms with E-state index in [0.717, 1.165) is 14.2 Å². The zero-order chi connectivity index (χ0) is 52.4. The average Bonchev–Trinajstić information content (AvgIpc) is 3.25. The summed E-state index contributed by atoms with van der Waals surface area (Å²) in [5, 5.41) is 108. The van der Waals surface area contributed by atoms with Gasteiger partial charge in [0.1, 0.15) is 67.1 Å². The van der Waals surface area contributed by atoms with Crippen LogP contribution in [0, 0.1) is 0 Å². The second kappa shape index (κ2) is 25.6. The number of rotatable bonds is 14. The molecule has 11 N–H and O–H groups in total. The van der Waals surface area contributed by atoms with E-state index in [1.807, 2.05) is 0 Å². The minimum absolute atomic E-state index is 0.0461. The van der Waals surface area contributed by atoms with Crippen LogP contribution in [0.25, 0.3) is 0 Å². The minimum atomic E-state index is -1.88. The minimum Gasteiger partial charge on any atom is -0.479 e. The van der Waals surface area contributed by atoms with Crippen LogP contribution in [0.4, 0.5) is 0 Å². The van der Waals surface area contributed by atoms with Gasteiger partial charge in [-0.2, -0.15) is 0 Å². The summed E-state index contributed by atoms with van der Waals surface area (Å²) < 4.78 is 50.4. The molecule has 0 aromatic heterocycles. The molecule has 4 rings (SSSR count). The fourth-order valence-corrected chi connectivity index (χ4v) is 6.51. The number of carbonyl (C=O) groups is 7. The van der Waals surface area contributed by atoms with Crippen molar-refractivity contribution in [2.24, 2.45) is 0 Å². The molecule has 386 valence electrons. The first-order chi connectivity index (χ1) is 31.4. The number of carboxylic acids is 4. The molecular weight excluding hydrogens is 928 g/mol. The number of esters is 3. The van der Waals surface area contributed by atoms with Gasteiger partial charge in [0.2, 0.25) is 0 Å². The third-order valence-corrected chi connectivity index (χ3v) is 10.3. The van der Waals surface area contributed by atoms with Crippen LogP contribution in [0.15, 0.2) is 36.5 Å². The lowest BCUT2D eigenvalue weighted by molar-refractivity contribution is -0.334. The number of methoxy groups -OCH3 is 2. The van der Waals surface area contributed by atoms with Crippen LogP contribution < -0.4 is 0 Å². The summed E-state index contributed by atoms with van der Waals surface area (Å²) in [6.45, 7) is 17.0. The molecule has 0 saturated carbocycles. The Labute approximate surface area is 386 Å². The highest BCUT2D eigenvalue weighted by Gasteiger charge is 2.56. The van der Waals surface area contributed by atoms with E-state index in [1.165, 1.54) is 34.6 Å². The van der Waals surface area contributed by atoms with E-state index in [0.29, 0.717) is 0 Å². The van der Waals surface area contributed by atoms with Gasteiger partial charge in [0, 0.05) is 30.9 Å². The molecule has 0 spiro atoms. The van der Waals surface area contributed by atoms with Crippen LogP contribution in [-0.4, -0.2) is 235 Å². The molecule has 4 aliphatic rings. The quantitative estimate of drug-likeness (QED) is 0.0443. The topological polar surface area (TPSA) is 434 Å². The molecule has 20 atom stereocenters. The van der Waals surface area contributed by atoms with Crippen molar-refractivity contribution in [1.29, 1.82) is 0 Å². The fourth-order valence-electron chi connectivity index (χ4n) is 6.51. The van der Waals surface area contributed by atoms with Crippen molar-refractivity contribution in [3.8, 4) is 0 Å². The number of carbonyl (C=O) groups excluding carboxylic acids is 3. The van der Waals surface area contributed by atoms with Gasteiger partial charge in [-0.05, 0) is 34.6 Å². The lowest BCUT2D eigenvalue weighted by Gasteiger charge is -2.45. The second-order valence-corrected chi connectivity index (χ2v) is 15.7. The molecule has 20 unspecified atom stereocenters. The molecule has 4 fully saturated rings. The summed E-state index contributed by atoms with van der Waals surface area (Å²) in [7, 11) is 2.21. The highest BCUT2D eigenvalue weighted by molar-refractivity contribution is 6.00. The zero-order valence-corrected chi connectivity index (χ0v) is 37.5. The second-order valence-electron chi connectivity index (χ2n) is 15.7. The van der Waals surface area contributed by atoms with Gasteiger partial charge in [0.15, 0.2) is 43.1 Å². The highest BCUT2D eigenvalue weighted by Crippen LogP contribution is 2.33.